The Morgan fingerprint density at radius 3 is 2.93 bits per heavy atom. The number of nitrogens with zero attached hydrogens (tertiary/aromatic N) is 2. The van der Waals surface area contributed by atoms with Crippen molar-refractivity contribution in [1.29, 1.82) is 0 Å². The molecule has 0 aliphatic carbocycles. The summed E-state index contributed by atoms with van der Waals surface area (Å²) in [6, 6.07) is 0.104. The largest absolute Gasteiger partial charge is 0.450 e. The van der Waals surface area contributed by atoms with E-state index in [1.807, 2.05) is 25.9 Å². The highest BCUT2D eigenvalue weighted by atomic mass is 16.6. The third kappa shape index (κ3) is 3.68. The van der Waals surface area contributed by atoms with Crippen LogP contribution in [0.1, 0.15) is 6.92 Å². The molecule has 0 saturated carbocycles. The van der Waals surface area contributed by atoms with Gasteiger partial charge in [-0.3, -0.25) is 4.90 Å². The van der Waals surface area contributed by atoms with Crippen molar-refractivity contribution in [2.45, 2.75) is 13.0 Å². The van der Waals surface area contributed by atoms with Crippen LogP contribution < -0.4 is 0 Å². The molecule has 1 saturated heterocycles. The standard InChI is InChI=1S/C10H20N2O3/c1-4-15-10(13)12-5-6-14-8-9(12)7-11(2)3/h9H,4-8H2,1-3H3. The van der Waals surface area contributed by atoms with Crippen LogP contribution in [0.25, 0.3) is 0 Å². The van der Waals surface area contributed by atoms with Crippen LogP contribution in [0.5, 0.6) is 0 Å². The van der Waals surface area contributed by atoms with Crippen LogP contribution in [0.15, 0.2) is 0 Å². The number of likely N-dealkylation sites (N-methyl/N-ethyl adjacent to an activating group) is 1. The molecule has 5 nitrogen and oxygen atoms in total. The zero-order chi connectivity index (χ0) is 11.3. The number of amides is 1. The van der Waals surface area contributed by atoms with Gasteiger partial charge in [0.25, 0.3) is 0 Å². The van der Waals surface area contributed by atoms with Crippen molar-refractivity contribution in [1.82, 2.24) is 9.80 Å². The maximum atomic E-state index is 11.6. The summed E-state index contributed by atoms with van der Waals surface area (Å²) in [7, 11) is 3.97. The number of hydrogen-bond donors (Lipinski definition) is 0. The molecule has 1 aliphatic rings. The molecule has 1 rings (SSSR count). The minimum atomic E-state index is -0.229. The van der Waals surface area contributed by atoms with Crippen LogP contribution in [0.2, 0.25) is 0 Å². The number of hydrogen-bond acceptors (Lipinski definition) is 4. The lowest BCUT2D eigenvalue weighted by Gasteiger charge is -2.36. The van der Waals surface area contributed by atoms with Gasteiger partial charge >= 0.3 is 6.09 Å². The van der Waals surface area contributed by atoms with Gasteiger partial charge in [0.15, 0.2) is 0 Å². The average molecular weight is 216 g/mol. The highest BCUT2D eigenvalue weighted by Gasteiger charge is 2.28. The van der Waals surface area contributed by atoms with E-state index in [1.54, 1.807) is 4.90 Å². The van der Waals surface area contributed by atoms with Crippen LogP contribution in [-0.4, -0.2) is 68.9 Å². The lowest BCUT2D eigenvalue weighted by Crippen LogP contribution is -2.52. The molecule has 0 bridgehead atoms. The van der Waals surface area contributed by atoms with Crippen molar-refractivity contribution >= 4 is 6.09 Å². The predicted octanol–water partition coefficient (Wildman–Crippen LogP) is 0.405. The van der Waals surface area contributed by atoms with Crippen LogP contribution in [0, 0.1) is 0 Å². The fourth-order valence-electron chi connectivity index (χ4n) is 1.67. The fourth-order valence-corrected chi connectivity index (χ4v) is 1.67. The number of rotatable bonds is 3. The van der Waals surface area contributed by atoms with Gasteiger partial charge in [-0.25, -0.2) is 4.79 Å². The zero-order valence-electron chi connectivity index (χ0n) is 9.73. The Bertz CT molecular complexity index is 209. The summed E-state index contributed by atoms with van der Waals surface area (Å²) in [5, 5.41) is 0. The molecule has 0 N–H and O–H groups in total. The van der Waals surface area contributed by atoms with E-state index < -0.39 is 0 Å². The minimum Gasteiger partial charge on any atom is -0.450 e. The van der Waals surface area contributed by atoms with Crippen LogP contribution in [0.4, 0.5) is 4.79 Å². The molecule has 15 heavy (non-hydrogen) atoms. The van der Waals surface area contributed by atoms with E-state index in [-0.39, 0.29) is 12.1 Å². The van der Waals surface area contributed by atoms with Crippen LogP contribution in [-0.2, 0) is 9.47 Å². The Labute approximate surface area is 90.9 Å². The highest BCUT2D eigenvalue weighted by molar-refractivity contribution is 5.68. The number of carbonyl (C=O) groups excluding carboxylic acids is 1. The van der Waals surface area contributed by atoms with E-state index in [0.717, 1.165) is 6.54 Å². The lowest BCUT2D eigenvalue weighted by atomic mass is 10.2. The van der Waals surface area contributed by atoms with Gasteiger partial charge in [0, 0.05) is 13.1 Å². The van der Waals surface area contributed by atoms with Crippen molar-refractivity contribution in [3.8, 4) is 0 Å². The summed E-state index contributed by atoms with van der Waals surface area (Å²) in [6.45, 7) is 4.86. The molecule has 0 aromatic rings. The maximum Gasteiger partial charge on any atom is 0.410 e. The summed E-state index contributed by atoms with van der Waals surface area (Å²) in [5.74, 6) is 0. The number of morpholine rings is 1. The normalized spacial score (nSPS) is 21.9. The molecule has 1 fully saturated rings. The monoisotopic (exact) mass is 216 g/mol. The Kier molecular flexibility index (Phi) is 4.84. The first-order valence-corrected chi connectivity index (χ1v) is 5.31. The summed E-state index contributed by atoms with van der Waals surface area (Å²) in [6.07, 6.45) is -0.229. The molecule has 1 amide bonds. The van der Waals surface area contributed by atoms with Gasteiger partial charge in [-0.1, -0.05) is 0 Å². The van der Waals surface area contributed by atoms with Crippen LogP contribution in [0.3, 0.4) is 0 Å². The first-order valence-electron chi connectivity index (χ1n) is 5.31. The summed E-state index contributed by atoms with van der Waals surface area (Å²) < 4.78 is 10.4. The van der Waals surface area contributed by atoms with Crippen molar-refractivity contribution in [3.63, 3.8) is 0 Å². The molecule has 88 valence electrons. The predicted molar refractivity (Wildman–Crippen MR) is 56.9 cm³/mol. The fraction of sp³-hybridized carbons (Fsp3) is 0.900. The quantitative estimate of drug-likeness (QED) is 0.685. The molecule has 1 heterocycles. The summed E-state index contributed by atoms with van der Waals surface area (Å²) in [5.41, 5.74) is 0. The third-order valence-corrected chi connectivity index (χ3v) is 2.31. The molecule has 1 atom stereocenters. The number of ether oxygens (including phenoxy) is 2. The Morgan fingerprint density at radius 2 is 2.33 bits per heavy atom. The topological polar surface area (TPSA) is 42.0 Å². The Morgan fingerprint density at radius 1 is 1.60 bits per heavy atom. The smallest absolute Gasteiger partial charge is 0.410 e. The molecule has 0 aromatic heterocycles. The summed E-state index contributed by atoms with van der Waals surface area (Å²) in [4.78, 5) is 15.4. The molecule has 1 unspecified atom stereocenters. The SMILES string of the molecule is CCOC(=O)N1CCOCC1CN(C)C. The molecule has 0 aromatic carbocycles. The van der Waals surface area contributed by atoms with E-state index in [2.05, 4.69) is 0 Å². The van der Waals surface area contributed by atoms with Crippen molar-refractivity contribution in [3.05, 3.63) is 0 Å². The molecule has 0 spiro atoms. The lowest BCUT2D eigenvalue weighted by molar-refractivity contribution is -0.0146. The third-order valence-electron chi connectivity index (χ3n) is 2.31. The Balaban J connectivity index is 2.52. The zero-order valence-corrected chi connectivity index (χ0v) is 9.73. The maximum absolute atomic E-state index is 11.6. The first kappa shape index (κ1) is 12.3. The summed E-state index contributed by atoms with van der Waals surface area (Å²) >= 11 is 0. The van der Waals surface area contributed by atoms with Crippen molar-refractivity contribution < 1.29 is 14.3 Å². The minimum absolute atomic E-state index is 0.104. The van der Waals surface area contributed by atoms with Gasteiger partial charge in [0.1, 0.15) is 0 Å². The number of carbonyl (C=O) groups is 1. The average Bonchev–Trinajstić information content (AvgIpc) is 2.18. The van der Waals surface area contributed by atoms with Gasteiger partial charge in [-0.05, 0) is 21.0 Å². The van der Waals surface area contributed by atoms with Crippen molar-refractivity contribution in [2.75, 3.05) is 47.0 Å². The molecule has 5 heteroatoms. The van der Waals surface area contributed by atoms with E-state index in [4.69, 9.17) is 9.47 Å². The second-order valence-electron chi connectivity index (χ2n) is 3.88. The second-order valence-corrected chi connectivity index (χ2v) is 3.88. The van der Waals surface area contributed by atoms with Gasteiger partial charge in [-0.2, -0.15) is 0 Å². The van der Waals surface area contributed by atoms with E-state index in [0.29, 0.717) is 26.4 Å². The molecule has 1 aliphatic heterocycles. The van der Waals surface area contributed by atoms with E-state index in [9.17, 15) is 4.79 Å². The first-order chi connectivity index (χ1) is 7.15. The van der Waals surface area contributed by atoms with Gasteiger partial charge in [-0.15, -0.1) is 0 Å². The molecule has 0 radical (unpaired) electrons. The van der Waals surface area contributed by atoms with E-state index in [1.165, 1.54) is 0 Å². The highest BCUT2D eigenvalue weighted by Crippen LogP contribution is 2.09. The van der Waals surface area contributed by atoms with Gasteiger partial charge < -0.3 is 14.4 Å². The second kappa shape index (κ2) is 5.92. The molecular weight excluding hydrogens is 196 g/mol. The van der Waals surface area contributed by atoms with E-state index >= 15 is 0 Å². The van der Waals surface area contributed by atoms with Crippen LogP contribution >= 0.6 is 0 Å². The molecular formula is C10H20N2O3. The van der Waals surface area contributed by atoms with Gasteiger partial charge in [0.05, 0.1) is 25.9 Å². The van der Waals surface area contributed by atoms with Gasteiger partial charge in [0.2, 0.25) is 0 Å². The van der Waals surface area contributed by atoms with Crippen molar-refractivity contribution in [2.24, 2.45) is 0 Å². The Hall–Kier alpha value is -0.810.